The molecule has 1 aliphatic rings. The van der Waals surface area contributed by atoms with Gasteiger partial charge >= 0.3 is 5.97 Å². The first-order valence-electron chi connectivity index (χ1n) is 5.85. The molecule has 1 aliphatic heterocycles. The van der Waals surface area contributed by atoms with Crippen LogP contribution in [0.1, 0.15) is 16.8 Å². The van der Waals surface area contributed by atoms with E-state index in [9.17, 15) is 18.0 Å². The molecule has 1 heterocycles. The van der Waals surface area contributed by atoms with Crippen molar-refractivity contribution in [2.24, 2.45) is 0 Å². The van der Waals surface area contributed by atoms with Gasteiger partial charge in [-0.3, -0.25) is 4.79 Å². The van der Waals surface area contributed by atoms with E-state index in [2.05, 4.69) is 20.7 Å². The molecule has 0 aliphatic carbocycles. The molecule has 9 heteroatoms. The van der Waals surface area contributed by atoms with Gasteiger partial charge in [0.1, 0.15) is 5.25 Å². The summed E-state index contributed by atoms with van der Waals surface area (Å²) >= 11 is 3.25. The number of carbonyl (C=O) groups excluding carboxylic acids is 2. The quantitative estimate of drug-likeness (QED) is 0.576. The van der Waals surface area contributed by atoms with Gasteiger partial charge < -0.3 is 9.64 Å². The SMILES string of the molecule is COC(=O)c1ccc(Br)cc1N1CC(S(=O)(=O)Cl)CC1=O. The summed E-state index contributed by atoms with van der Waals surface area (Å²) in [5.74, 6) is -1.02. The number of esters is 1. The van der Waals surface area contributed by atoms with Crippen LogP contribution in [0, 0.1) is 0 Å². The number of carbonyl (C=O) groups is 2. The second-order valence-corrected chi connectivity index (χ2v) is 8.28. The van der Waals surface area contributed by atoms with E-state index in [4.69, 9.17) is 10.7 Å². The summed E-state index contributed by atoms with van der Waals surface area (Å²) in [5.41, 5.74) is 0.478. The van der Waals surface area contributed by atoms with E-state index in [0.29, 0.717) is 10.2 Å². The monoisotopic (exact) mass is 395 g/mol. The second-order valence-electron chi connectivity index (χ2n) is 4.46. The van der Waals surface area contributed by atoms with Crippen molar-refractivity contribution < 1.29 is 22.7 Å². The molecule has 0 saturated carbocycles. The van der Waals surface area contributed by atoms with E-state index < -0.39 is 26.2 Å². The second kappa shape index (κ2) is 5.94. The number of hydrogen-bond donors (Lipinski definition) is 0. The van der Waals surface area contributed by atoms with Crippen LogP contribution in [-0.4, -0.2) is 39.2 Å². The molecule has 114 valence electrons. The van der Waals surface area contributed by atoms with Crippen molar-refractivity contribution in [1.29, 1.82) is 0 Å². The van der Waals surface area contributed by atoms with Crippen molar-refractivity contribution in [3.05, 3.63) is 28.2 Å². The summed E-state index contributed by atoms with van der Waals surface area (Å²) in [6.45, 7) is -0.0921. The third kappa shape index (κ3) is 3.38. The maximum absolute atomic E-state index is 12.0. The Morgan fingerprint density at radius 3 is 2.67 bits per heavy atom. The molecular weight excluding hydrogens is 386 g/mol. The van der Waals surface area contributed by atoms with Crippen LogP contribution in [0.25, 0.3) is 0 Å². The van der Waals surface area contributed by atoms with Crippen molar-refractivity contribution in [3.8, 4) is 0 Å². The van der Waals surface area contributed by atoms with E-state index in [1.165, 1.54) is 18.1 Å². The fraction of sp³-hybridized carbons (Fsp3) is 0.333. The maximum Gasteiger partial charge on any atom is 0.339 e. The van der Waals surface area contributed by atoms with Crippen LogP contribution in [0.5, 0.6) is 0 Å². The molecule has 6 nitrogen and oxygen atoms in total. The van der Waals surface area contributed by atoms with Gasteiger partial charge in [-0.25, -0.2) is 13.2 Å². The van der Waals surface area contributed by atoms with E-state index in [1.54, 1.807) is 12.1 Å². The molecule has 1 fully saturated rings. The zero-order valence-electron chi connectivity index (χ0n) is 10.9. The lowest BCUT2D eigenvalue weighted by Crippen LogP contribution is -2.28. The van der Waals surface area contributed by atoms with Crippen LogP contribution < -0.4 is 4.90 Å². The third-order valence-corrected chi connectivity index (χ3v) is 5.50. The van der Waals surface area contributed by atoms with Gasteiger partial charge in [0, 0.05) is 28.1 Å². The minimum atomic E-state index is -3.84. The number of amides is 1. The highest BCUT2D eigenvalue weighted by Crippen LogP contribution is 2.31. The molecule has 0 spiro atoms. The van der Waals surface area contributed by atoms with Crippen LogP contribution in [0.4, 0.5) is 5.69 Å². The van der Waals surface area contributed by atoms with E-state index in [0.717, 1.165) is 0 Å². The highest BCUT2D eigenvalue weighted by atomic mass is 79.9. The van der Waals surface area contributed by atoms with Crippen LogP contribution in [0.3, 0.4) is 0 Å². The normalized spacial score (nSPS) is 18.9. The Kier molecular flexibility index (Phi) is 4.60. The van der Waals surface area contributed by atoms with E-state index in [1.807, 2.05) is 0 Å². The third-order valence-electron chi connectivity index (χ3n) is 3.14. The molecule has 1 aromatic carbocycles. The Bertz CT molecular complexity index is 706. The summed E-state index contributed by atoms with van der Waals surface area (Å²) in [4.78, 5) is 25.0. The molecule has 0 bridgehead atoms. The fourth-order valence-electron chi connectivity index (χ4n) is 2.11. The van der Waals surface area contributed by atoms with Crippen molar-refractivity contribution in [2.45, 2.75) is 11.7 Å². The van der Waals surface area contributed by atoms with Crippen molar-refractivity contribution in [3.63, 3.8) is 0 Å². The average Bonchev–Trinajstić information content (AvgIpc) is 2.79. The smallest absolute Gasteiger partial charge is 0.339 e. The number of halogens is 2. The summed E-state index contributed by atoms with van der Waals surface area (Å²) in [6.07, 6.45) is -0.209. The Hall–Kier alpha value is -1.12. The standard InChI is InChI=1S/C12H11BrClNO5S/c1-20-12(17)9-3-2-7(13)4-10(9)15-6-8(5-11(15)16)21(14,18)19/h2-4,8H,5-6H2,1H3. The zero-order chi connectivity index (χ0) is 15.8. The van der Waals surface area contributed by atoms with Gasteiger partial charge in [0.25, 0.3) is 0 Å². The van der Waals surface area contributed by atoms with Gasteiger partial charge in [-0.05, 0) is 18.2 Å². The number of methoxy groups -OCH3 is 1. The summed E-state index contributed by atoms with van der Waals surface area (Å²) < 4.78 is 28.1. The summed E-state index contributed by atoms with van der Waals surface area (Å²) in [7, 11) is 2.70. The fourth-order valence-corrected chi connectivity index (χ4v) is 3.48. The number of nitrogens with zero attached hydrogens (tertiary/aromatic N) is 1. The number of benzene rings is 1. The molecule has 1 amide bonds. The number of rotatable bonds is 3. The van der Waals surface area contributed by atoms with Gasteiger partial charge in [0.2, 0.25) is 15.0 Å². The molecule has 1 aromatic rings. The van der Waals surface area contributed by atoms with Crippen molar-refractivity contribution in [2.75, 3.05) is 18.6 Å². The Morgan fingerprint density at radius 1 is 1.48 bits per heavy atom. The molecule has 2 rings (SSSR count). The first-order valence-corrected chi connectivity index (χ1v) is 9.02. The molecule has 1 unspecified atom stereocenters. The van der Waals surface area contributed by atoms with Gasteiger partial charge in [0.15, 0.2) is 0 Å². The van der Waals surface area contributed by atoms with Gasteiger partial charge in [-0.1, -0.05) is 15.9 Å². The predicted molar refractivity (Wildman–Crippen MR) is 81.0 cm³/mol. The minimum absolute atomic E-state index is 0.0921. The number of ether oxygens (including phenoxy) is 1. The van der Waals surface area contributed by atoms with E-state index in [-0.39, 0.29) is 18.5 Å². The molecule has 0 N–H and O–H groups in total. The minimum Gasteiger partial charge on any atom is -0.465 e. The molecule has 1 atom stereocenters. The number of anilines is 1. The highest BCUT2D eigenvalue weighted by molar-refractivity contribution is 9.10. The Labute approximate surface area is 134 Å². The molecule has 0 radical (unpaired) electrons. The van der Waals surface area contributed by atoms with Crippen LogP contribution >= 0.6 is 26.6 Å². The number of hydrogen-bond acceptors (Lipinski definition) is 5. The lowest BCUT2D eigenvalue weighted by Gasteiger charge is -2.19. The summed E-state index contributed by atoms with van der Waals surface area (Å²) in [5, 5.41) is -0.990. The Balaban J connectivity index is 2.45. The van der Waals surface area contributed by atoms with Crippen LogP contribution in [-0.2, 0) is 18.6 Å². The van der Waals surface area contributed by atoms with Crippen LogP contribution in [0.2, 0.25) is 0 Å². The lowest BCUT2D eigenvalue weighted by molar-refractivity contribution is -0.117. The highest BCUT2D eigenvalue weighted by Gasteiger charge is 2.39. The predicted octanol–water partition coefficient (Wildman–Crippen LogP) is 1.91. The largest absolute Gasteiger partial charge is 0.465 e. The van der Waals surface area contributed by atoms with Crippen molar-refractivity contribution in [1.82, 2.24) is 0 Å². The molecule has 0 aromatic heterocycles. The molecule has 21 heavy (non-hydrogen) atoms. The van der Waals surface area contributed by atoms with Gasteiger partial charge in [0.05, 0.1) is 18.4 Å². The first-order chi connectivity index (χ1) is 9.74. The Morgan fingerprint density at radius 2 is 2.14 bits per heavy atom. The molecular formula is C12H11BrClNO5S. The average molecular weight is 397 g/mol. The van der Waals surface area contributed by atoms with Gasteiger partial charge in [-0.15, -0.1) is 0 Å². The molecule has 1 saturated heterocycles. The maximum atomic E-state index is 12.0. The topological polar surface area (TPSA) is 80.8 Å². The zero-order valence-corrected chi connectivity index (χ0v) is 14.0. The summed E-state index contributed by atoms with van der Waals surface area (Å²) in [6, 6.07) is 4.69. The van der Waals surface area contributed by atoms with E-state index >= 15 is 0 Å². The van der Waals surface area contributed by atoms with Gasteiger partial charge in [-0.2, -0.15) is 0 Å². The van der Waals surface area contributed by atoms with Crippen LogP contribution in [0.15, 0.2) is 22.7 Å². The first kappa shape index (κ1) is 16.3. The lowest BCUT2D eigenvalue weighted by atomic mass is 10.1. The van der Waals surface area contributed by atoms with Crippen molar-refractivity contribution >= 4 is 53.2 Å².